The van der Waals surface area contributed by atoms with Gasteiger partial charge in [0.25, 0.3) is 5.69 Å². The second kappa shape index (κ2) is 7.97. The summed E-state index contributed by atoms with van der Waals surface area (Å²) < 4.78 is 13.1. The second-order valence-electron chi connectivity index (χ2n) is 6.66. The van der Waals surface area contributed by atoms with Crippen molar-refractivity contribution in [2.75, 3.05) is 12.3 Å². The lowest BCUT2D eigenvalue weighted by Gasteiger charge is -2.16. The first-order valence-electron chi connectivity index (χ1n) is 8.54. The molecule has 9 heteroatoms. The van der Waals surface area contributed by atoms with Crippen LogP contribution in [0.5, 0.6) is 0 Å². The summed E-state index contributed by atoms with van der Waals surface area (Å²) in [5.74, 6) is -1.32. The van der Waals surface area contributed by atoms with Crippen molar-refractivity contribution in [1.82, 2.24) is 5.32 Å². The van der Waals surface area contributed by atoms with Gasteiger partial charge in [-0.05, 0) is 42.7 Å². The zero-order valence-corrected chi connectivity index (χ0v) is 15.6. The van der Waals surface area contributed by atoms with Gasteiger partial charge in [-0.1, -0.05) is 12.1 Å². The Morgan fingerprint density at radius 3 is 2.46 bits per heavy atom. The summed E-state index contributed by atoms with van der Waals surface area (Å²) >= 11 is 1.02. The maximum absolute atomic E-state index is 13.1. The number of amides is 2. The molecule has 0 aliphatic heterocycles. The van der Waals surface area contributed by atoms with Crippen LogP contribution in [0.1, 0.15) is 28.8 Å². The highest BCUT2D eigenvalue weighted by molar-refractivity contribution is 8.00. The Bertz CT molecular complexity index is 929. The molecule has 1 saturated carbocycles. The van der Waals surface area contributed by atoms with Gasteiger partial charge in [0, 0.05) is 23.6 Å². The summed E-state index contributed by atoms with van der Waals surface area (Å²) in [7, 11) is 0. The maximum atomic E-state index is 13.1. The monoisotopic (exact) mass is 403 g/mol. The molecule has 0 bridgehead atoms. The number of rotatable bonds is 8. The molecule has 7 nitrogen and oxygen atoms in total. The number of nitro groups is 1. The van der Waals surface area contributed by atoms with Crippen LogP contribution < -0.4 is 11.1 Å². The Hall–Kier alpha value is -2.94. The van der Waals surface area contributed by atoms with Gasteiger partial charge in [0.2, 0.25) is 11.8 Å². The van der Waals surface area contributed by atoms with E-state index in [9.17, 15) is 24.1 Å². The van der Waals surface area contributed by atoms with E-state index in [1.165, 1.54) is 24.3 Å². The lowest BCUT2D eigenvalue weighted by molar-refractivity contribution is -0.387. The highest BCUT2D eigenvalue weighted by Crippen LogP contribution is 2.47. The summed E-state index contributed by atoms with van der Waals surface area (Å²) in [5, 5.41) is 14.0. The van der Waals surface area contributed by atoms with E-state index in [-0.39, 0.29) is 39.0 Å². The number of nitro benzene ring substituents is 1. The molecule has 146 valence electrons. The van der Waals surface area contributed by atoms with Crippen molar-refractivity contribution in [2.24, 2.45) is 5.73 Å². The van der Waals surface area contributed by atoms with Crippen LogP contribution >= 0.6 is 11.8 Å². The van der Waals surface area contributed by atoms with Crippen LogP contribution in [0.2, 0.25) is 0 Å². The standard InChI is InChI=1S/C19H18FN3O4S/c20-14-4-2-13(3-5-14)19(7-8-19)11-22-17(24)10-28-16-6-1-12(18(21)25)9-15(16)23(26)27/h1-6,9H,7-8,10-11H2,(H2,21,25)(H,22,24). The van der Waals surface area contributed by atoms with E-state index < -0.39 is 10.8 Å². The Balaban J connectivity index is 1.58. The van der Waals surface area contributed by atoms with E-state index in [0.717, 1.165) is 36.2 Å². The first kappa shape index (κ1) is 19.8. The number of carbonyl (C=O) groups is 2. The molecule has 2 amide bonds. The third-order valence-corrected chi connectivity index (χ3v) is 5.80. The zero-order valence-electron chi connectivity index (χ0n) is 14.8. The van der Waals surface area contributed by atoms with E-state index in [2.05, 4.69) is 5.32 Å². The molecule has 3 rings (SSSR count). The van der Waals surface area contributed by atoms with Crippen molar-refractivity contribution in [3.05, 3.63) is 69.5 Å². The van der Waals surface area contributed by atoms with Gasteiger partial charge in [-0.2, -0.15) is 0 Å². The molecule has 2 aromatic carbocycles. The fraction of sp³-hybridized carbons (Fsp3) is 0.263. The molecule has 0 unspecified atom stereocenters. The van der Waals surface area contributed by atoms with Gasteiger partial charge in [0.05, 0.1) is 15.6 Å². The third-order valence-electron chi connectivity index (χ3n) is 4.73. The number of primary amides is 1. The molecule has 3 N–H and O–H groups in total. The predicted octanol–water partition coefficient (Wildman–Crippen LogP) is 2.77. The number of nitrogens with two attached hydrogens (primary N) is 1. The number of carbonyl (C=O) groups excluding carboxylic acids is 2. The highest BCUT2D eigenvalue weighted by atomic mass is 32.2. The topological polar surface area (TPSA) is 115 Å². The first-order chi connectivity index (χ1) is 13.3. The van der Waals surface area contributed by atoms with E-state index in [1.54, 1.807) is 12.1 Å². The Labute approximate surface area is 164 Å². The van der Waals surface area contributed by atoms with Crippen molar-refractivity contribution in [3.63, 3.8) is 0 Å². The molecular weight excluding hydrogens is 385 g/mol. The predicted molar refractivity (Wildman–Crippen MR) is 103 cm³/mol. The quantitative estimate of drug-likeness (QED) is 0.399. The largest absolute Gasteiger partial charge is 0.366 e. The van der Waals surface area contributed by atoms with Crippen LogP contribution in [0.15, 0.2) is 47.4 Å². The number of halogens is 1. The van der Waals surface area contributed by atoms with Gasteiger partial charge in [-0.25, -0.2) is 4.39 Å². The number of hydrogen-bond acceptors (Lipinski definition) is 5. The van der Waals surface area contributed by atoms with E-state index in [0.29, 0.717) is 6.54 Å². The van der Waals surface area contributed by atoms with Crippen molar-refractivity contribution in [2.45, 2.75) is 23.2 Å². The maximum Gasteiger partial charge on any atom is 0.283 e. The highest BCUT2D eigenvalue weighted by Gasteiger charge is 2.44. The number of benzene rings is 2. The lowest BCUT2D eigenvalue weighted by atomic mass is 9.96. The molecule has 0 spiro atoms. The van der Waals surface area contributed by atoms with Crippen LogP contribution in [-0.4, -0.2) is 29.0 Å². The van der Waals surface area contributed by atoms with Crippen LogP contribution in [0.4, 0.5) is 10.1 Å². The SMILES string of the molecule is NC(=O)c1ccc(SCC(=O)NCC2(c3ccc(F)cc3)CC2)c([N+](=O)[O-])c1. The molecule has 0 saturated heterocycles. The van der Waals surface area contributed by atoms with Gasteiger partial charge >= 0.3 is 0 Å². The molecule has 1 aliphatic carbocycles. The molecule has 0 atom stereocenters. The minimum atomic E-state index is -0.757. The smallest absolute Gasteiger partial charge is 0.283 e. The number of nitrogens with one attached hydrogen (secondary N) is 1. The second-order valence-corrected chi connectivity index (χ2v) is 7.67. The Kier molecular flexibility index (Phi) is 5.64. The van der Waals surface area contributed by atoms with Crippen molar-refractivity contribution in [3.8, 4) is 0 Å². The fourth-order valence-corrected chi connectivity index (χ4v) is 3.75. The van der Waals surface area contributed by atoms with Gasteiger partial charge < -0.3 is 11.1 Å². The Morgan fingerprint density at radius 1 is 1.21 bits per heavy atom. The van der Waals surface area contributed by atoms with Crippen LogP contribution in [0.3, 0.4) is 0 Å². The van der Waals surface area contributed by atoms with Gasteiger partial charge in [-0.3, -0.25) is 19.7 Å². The first-order valence-corrected chi connectivity index (χ1v) is 9.53. The lowest BCUT2D eigenvalue weighted by Crippen LogP contribution is -2.33. The summed E-state index contributed by atoms with van der Waals surface area (Å²) in [6, 6.07) is 10.2. The number of nitrogens with zero attached hydrogens (tertiary/aromatic N) is 1. The molecule has 0 radical (unpaired) electrons. The molecule has 1 fully saturated rings. The molecular formula is C19H18FN3O4S. The Morgan fingerprint density at radius 2 is 1.89 bits per heavy atom. The molecule has 2 aromatic rings. The minimum Gasteiger partial charge on any atom is -0.366 e. The summed E-state index contributed by atoms with van der Waals surface area (Å²) in [4.78, 5) is 34.3. The molecule has 1 aliphatic rings. The van der Waals surface area contributed by atoms with Crippen LogP contribution in [0.25, 0.3) is 0 Å². The van der Waals surface area contributed by atoms with E-state index in [1.807, 2.05) is 0 Å². The fourth-order valence-electron chi connectivity index (χ4n) is 2.92. The van der Waals surface area contributed by atoms with Crippen LogP contribution in [-0.2, 0) is 10.2 Å². The molecule has 0 aromatic heterocycles. The molecule has 0 heterocycles. The van der Waals surface area contributed by atoms with Crippen LogP contribution in [0, 0.1) is 15.9 Å². The average molecular weight is 403 g/mol. The summed E-state index contributed by atoms with van der Waals surface area (Å²) in [5.41, 5.74) is 5.74. The minimum absolute atomic E-state index is 0.00371. The van der Waals surface area contributed by atoms with Gasteiger partial charge in [0.15, 0.2) is 0 Å². The van der Waals surface area contributed by atoms with E-state index in [4.69, 9.17) is 5.73 Å². The van der Waals surface area contributed by atoms with E-state index >= 15 is 0 Å². The van der Waals surface area contributed by atoms with Gasteiger partial charge in [-0.15, -0.1) is 11.8 Å². The summed E-state index contributed by atoms with van der Waals surface area (Å²) in [6.07, 6.45) is 1.82. The molecule has 28 heavy (non-hydrogen) atoms. The van der Waals surface area contributed by atoms with Crippen molar-refractivity contribution >= 4 is 29.3 Å². The number of hydrogen-bond donors (Lipinski definition) is 2. The van der Waals surface area contributed by atoms with Crippen molar-refractivity contribution < 1.29 is 18.9 Å². The normalized spacial score (nSPS) is 14.3. The van der Waals surface area contributed by atoms with Crippen molar-refractivity contribution in [1.29, 1.82) is 0 Å². The third kappa shape index (κ3) is 4.48. The van der Waals surface area contributed by atoms with Gasteiger partial charge in [0.1, 0.15) is 5.82 Å². The number of thioether (sulfide) groups is 1. The summed E-state index contributed by atoms with van der Waals surface area (Å²) in [6.45, 7) is 0.431. The average Bonchev–Trinajstić information content (AvgIpc) is 3.46. The zero-order chi connectivity index (χ0) is 20.3.